The molecule has 0 unspecified atom stereocenters. The summed E-state index contributed by atoms with van der Waals surface area (Å²) in [5, 5.41) is 0. The Balaban J connectivity index is 2.10. The minimum atomic E-state index is -0.463. The van der Waals surface area contributed by atoms with Crippen LogP contribution < -0.4 is 4.90 Å². The molecule has 0 N–H and O–H groups in total. The number of benzene rings is 1. The average Bonchev–Trinajstić information content (AvgIpc) is 2.92. The number of ketones is 1. The van der Waals surface area contributed by atoms with Crippen molar-refractivity contribution in [1.82, 2.24) is 9.55 Å². The Morgan fingerprint density at radius 2 is 1.95 bits per heavy atom. The number of anilines is 1. The quantitative estimate of drug-likeness (QED) is 0.781. The Hall–Kier alpha value is -2.43. The highest BCUT2D eigenvalue weighted by molar-refractivity contribution is 6.52. The summed E-state index contributed by atoms with van der Waals surface area (Å²) in [7, 11) is 1.87. The average molecular weight is 269 g/mol. The fraction of sp³-hybridized carbons (Fsp3) is 0.267. The molecule has 5 nitrogen and oxygen atoms in total. The zero-order chi connectivity index (χ0) is 14.4. The molecule has 20 heavy (non-hydrogen) atoms. The first kappa shape index (κ1) is 12.6. The van der Waals surface area contributed by atoms with Gasteiger partial charge in [-0.3, -0.25) is 14.5 Å². The Morgan fingerprint density at radius 3 is 2.60 bits per heavy atom. The molecule has 0 atom stereocenters. The highest BCUT2D eigenvalue weighted by atomic mass is 16.2. The van der Waals surface area contributed by atoms with E-state index in [2.05, 4.69) is 4.98 Å². The summed E-state index contributed by atoms with van der Waals surface area (Å²) in [6, 6.07) is 3.62. The third kappa shape index (κ3) is 1.66. The highest BCUT2D eigenvalue weighted by Gasteiger charge is 2.37. The Kier molecular flexibility index (Phi) is 2.71. The number of rotatable bonds is 2. The molecule has 1 aromatic carbocycles. The second-order valence-corrected chi connectivity index (χ2v) is 5.12. The second-order valence-electron chi connectivity index (χ2n) is 5.12. The number of carbonyl (C=O) groups is 2. The van der Waals surface area contributed by atoms with E-state index in [1.165, 1.54) is 0 Å². The van der Waals surface area contributed by atoms with Crippen molar-refractivity contribution in [2.24, 2.45) is 7.05 Å². The van der Waals surface area contributed by atoms with Crippen molar-refractivity contribution >= 4 is 17.4 Å². The van der Waals surface area contributed by atoms with Gasteiger partial charge in [0.15, 0.2) is 0 Å². The largest absolute Gasteiger partial charge is 0.336 e. The summed E-state index contributed by atoms with van der Waals surface area (Å²) in [4.78, 5) is 29.9. The molecule has 0 fully saturated rings. The molecule has 1 aliphatic heterocycles. The van der Waals surface area contributed by atoms with Gasteiger partial charge >= 0.3 is 0 Å². The number of carbonyl (C=O) groups excluding carboxylic acids is 2. The number of aromatic nitrogens is 2. The zero-order valence-corrected chi connectivity index (χ0v) is 11.7. The third-order valence-electron chi connectivity index (χ3n) is 3.89. The van der Waals surface area contributed by atoms with Crippen molar-refractivity contribution in [2.45, 2.75) is 20.4 Å². The standard InChI is InChI=1S/C15H15N3O2/c1-9-4-5-12-13(10(9)2)18(15(20)14(12)19)7-11-6-16-8-17(11)3/h4-6,8H,7H2,1-3H3. The molecule has 0 aliphatic carbocycles. The lowest BCUT2D eigenvalue weighted by molar-refractivity contribution is -0.114. The molecule has 0 spiro atoms. The van der Waals surface area contributed by atoms with Gasteiger partial charge in [0.25, 0.3) is 11.7 Å². The van der Waals surface area contributed by atoms with Crippen LogP contribution >= 0.6 is 0 Å². The molecule has 0 bridgehead atoms. The lowest BCUT2D eigenvalue weighted by atomic mass is 10.0. The number of hydrogen-bond donors (Lipinski definition) is 0. The minimum Gasteiger partial charge on any atom is -0.336 e. The van der Waals surface area contributed by atoms with Gasteiger partial charge in [0.05, 0.1) is 29.8 Å². The number of Topliss-reactive ketones (excluding diaryl/α,β-unsaturated/α-hetero) is 1. The van der Waals surface area contributed by atoms with Gasteiger partial charge in [0, 0.05) is 13.2 Å². The SMILES string of the molecule is Cc1ccc2c(c1C)N(Cc1cncn1C)C(=O)C2=O. The minimum absolute atomic E-state index is 0.359. The van der Waals surface area contributed by atoms with E-state index in [1.54, 1.807) is 23.5 Å². The van der Waals surface area contributed by atoms with Gasteiger partial charge in [-0.2, -0.15) is 0 Å². The molecule has 0 radical (unpaired) electrons. The molecule has 102 valence electrons. The third-order valence-corrected chi connectivity index (χ3v) is 3.89. The molecule has 1 aromatic heterocycles. The molecule has 1 aliphatic rings. The van der Waals surface area contributed by atoms with Crippen molar-refractivity contribution in [3.8, 4) is 0 Å². The van der Waals surface area contributed by atoms with Gasteiger partial charge < -0.3 is 4.57 Å². The number of amides is 1. The highest BCUT2D eigenvalue weighted by Crippen LogP contribution is 2.34. The van der Waals surface area contributed by atoms with Crippen LogP contribution in [-0.4, -0.2) is 21.2 Å². The zero-order valence-electron chi connectivity index (χ0n) is 11.7. The lowest BCUT2D eigenvalue weighted by Crippen LogP contribution is -2.30. The number of aryl methyl sites for hydroxylation is 2. The first-order valence-corrected chi connectivity index (χ1v) is 6.42. The topological polar surface area (TPSA) is 55.2 Å². The predicted molar refractivity (Wildman–Crippen MR) is 74.6 cm³/mol. The molecule has 2 heterocycles. The van der Waals surface area contributed by atoms with Crippen molar-refractivity contribution in [2.75, 3.05) is 4.90 Å². The van der Waals surface area contributed by atoms with Gasteiger partial charge in [-0.05, 0) is 31.0 Å². The summed E-state index contributed by atoms with van der Waals surface area (Å²) in [5.74, 6) is -0.889. The van der Waals surface area contributed by atoms with E-state index in [0.717, 1.165) is 22.5 Å². The van der Waals surface area contributed by atoms with E-state index in [-0.39, 0.29) is 0 Å². The lowest BCUT2D eigenvalue weighted by Gasteiger charge is -2.19. The van der Waals surface area contributed by atoms with Crippen LogP contribution in [0.4, 0.5) is 5.69 Å². The predicted octanol–water partition coefficient (Wildman–Crippen LogP) is 1.77. The number of nitrogens with zero attached hydrogens (tertiary/aromatic N) is 3. The monoisotopic (exact) mass is 269 g/mol. The number of imidazole rings is 1. The van der Waals surface area contributed by atoms with Crippen LogP contribution in [0.3, 0.4) is 0 Å². The van der Waals surface area contributed by atoms with Crippen LogP contribution in [0.5, 0.6) is 0 Å². The fourth-order valence-corrected chi connectivity index (χ4v) is 2.52. The molecule has 0 saturated carbocycles. The summed E-state index contributed by atoms with van der Waals surface area (Å²) < 4.78 is 1.85. The smallest absolute Gasteiger partial charge is 0.299 e. The van der Waals surface area contributed by atoms with Crippen LogP contribution in [-0.2, 0) is 18.4 Å². The Bertz CT molecular complexity index is 731. The van der Waals surface area contributed by atoms with Crippen LogP contribution in [0.15, 0.2) is 24.7 Å². The molecular formula is C15H15N3O2. The van der Waals surface area contributed by atoms with Gasteiger partial charge in [0.2, 0.25) is 0 Å². The van der Waals surface area contributed by atoms with Crippen LogP contribution in [0, 0.1) is 13.8 Å². The van der Waals surface area contributed by atoms with Gasteiger partial charge in [-0.1, -0.05) is 6.07 Å². The summed E-state index contributed by atoms with van der Waals surface area (Å²) in [6.45, 7) is 4.28. The first-order valence-electron chi connectivity index (χ1n) is 6.42. The van der Waals surface area contributed by atoms with Gasteiger partial charge in [-0.15, -0.1) is 0 Å². The Morgan fingerprint density at radius 1 is 1.20 bits per heavy atom. The maximum Gasteiger partial charge on any atom is 0.299 e. The summed E-state index contributed by atoms with van der Waals surface area (Å²) in [5.41, 5.74) is 4.17. The molecular weight excluding hydrogens is 254 g/mol. The van der Waals surface area contributed by atoms with Crippen molar-refractivity contribution in [3.63, 3.8) is 0 Å². The van der Waals surface area contributed by atoms with Crippen LogP contribution in [0.1, 0.15) is 27.2 Å². The molecule has 0 saturated heterocycles. The molecule has 3 rings (SSSR count). The maximum atomic E-state index is 12.2. The van der Waals surface area contributed by atoms with Crippen molar-refractivity contribution in [1.29, 1.82) is 0 Å². The number of fused-ring (bicyclic) bond motifs is 1. The summed E-state index contributed by atoms with van der Waals surface area (Å²) in [6.07, 6.45) is 3.39. The molecule has 1 amide bonds. The van der Waals surface area contributed by atoms with E-state index in [9.17, 15) is 9.59 Å². The normalized spacial score (nSPS) is 14.1. The van der Waals surface area contributed by atoms with Crippen molar-refractivity contribution in [3.05, 3.63) is 47.0 Å². The second kappa shape index (κ2) is 4.30. The van der Waals surface area contributed by atoms with Crippen LogP contribution in [0.2, 0.25) is 0 Å². The molecule has 5 heteroatoms. The van der Waals surface area contributed by atoms with Gasteiger partial charge in [0.1, 0.15) is 0 Å². The van der Waals surface area contributed by atoms with E-state index in [1.807, 2.05) is 31.5 Å². The summed E-state index contributed by atoms with van der Waals surface area (Å²) >= 11 is 0. The molecule has 2 aromatic rings. The van der Waals surface area contributed by atoms with E-state index in [4.69, 9.17) is 0 Å². The number of hydrogen-bond acceptors (Lipinski definition) is 3. The van der Waals surface area contributed by atoms with E-state index < -0.39 is 11.7 Å². The maximum absolute atomic E-state index is 12.2. The van der Waals surface area contributed by atoms with E-state index >= 15 is 0 Å². The van der Waals surface area contributed by atoms with Crippen molar-refractivity contribution < 1.29 is 9.59 Å². The van der Waals surface area contributed by atoms with Gasteiger partial charge in [-0.25, -0.2) is 4.98 Å². The Labute approximate surface area is 116 Å². The van der Waals surface area contributed by atoms with E-state index in [0.29, 0.717) is 12.1 Å². The fourth-order valence-electron chi connectivity index (χ4n) is 2.52. The van der Waals surface area contributed by atoms with Crippen LogP contribution in [0.25, 0.3) is 0 Å². The first-order chi connectivity index (χ1) is 9.50.